The molecule has 1 aromatic carbocycles. The zero-order valence-corrected chi connectivity index (χ0v) is 15.3. The second-order valence-electron chi connectivity index (χ2n) is 5.17. The van der Waals surface area contributed by atoms with Gasteiger partial charge in [0.2, 0.25) is 15.0 Å². The van der Waals surface area contributed by atoms with Crippen LogP contribution >= 0.6 is 11.3 Å². The molecule has 0 saturated carbocycles. The number of nitrogens with zero attached hydrogens (tertiary/aromatic N) is 2. The Morgan fingerprint density at radius 3 is 2.64 bits per heavy atom. The van der Waals surface area contributed by atoms with Crippen molar-refractivity contribution in [3.8, 4) is 16.9 Å². The van der Waals surface area contributed by atoms with Crippen LogP contribution in [0.2, 0.25) is 0 Å². The molecule has 0 spiro atoms. The van der Waals surface area contributed by atoms with Crippen molar-refractivity contribution in [1.29, 1.82) is 0 Å². The number of thiophene rings is 1. The van der Waals surface area contributed by atoms with Gasteiger partial charge in [-0.1, -0.05) is 12.1 Å². The molecule has 2 heterocycles. The van der Waals surface area contributed by atoms with Crippen molar-refractivity contribution in [3.05, 3.63) is 35.3 Å². The molecule has 0 unspecified atom stereocenters. The molecule has 0 bridgehead atoms. The van der Waals surface area contributed by atoms with Gasteiger partial charge in [-0.25, -0.2) is 23.2 Å². The number of fused-ring (bicyclic) bond motifs is 1. The summed E-state index contributed by atoms with van der Waals surface area (Å²) in [7, 11) is -0.756. The first kappa shape index (κ1) is 17.3. The first-order chi connectivity index (χ1) is 11.8. The van der Waals surface area contributed by atoms with Crippen LogP contribution in [0.5, 0.6) is 5.75 Å². The Labute approximate surface area is 148 Å². The number of sulfone groups is 1. The van der Waals surface area contributed by atoms with E-state index in [2.05, 4.69) is 9.97 Å². The number of aromatic nitrogens is 2. The standard InChI is InChI=1S/C16H14N2O5S2/c1-22-10-6-4-5-9(7-10)12-13-11(24-14(12)15(19)23-2)8-17-16(18-13)25(3,20)21/h4-8H,1-3H3. The third-order valence-electron chi connectivity index (χ3n) is 3.47. The molecule has 0 N–H and O–H groups in total. The van der Waals surface area contributed by atoms with Crippen LogP contribution in [-0.4, -0.2) is 44.8 Å². The summed E-state index contributed by atoms with van der Waals surface area (Å²) in [5.41, 5.74) is 1.55. The molecule has 0 aliphatic heterocycles. The summed E-state index contributed by atoms with van der Waals surface area (Å²) in [5.74, 6) is 0.0757. The van der Waals surface area contributed by atoms with Gasteiger partial charge in [-0.15, -0.1) is 11.3 Å². The summed E-state index contributed by atoms with van der Waals surface area (Å²) in [5, 5.41) is -0.293. The van der Waals surface area contributed by atoms with E-state index in [9.17, 15) is 13.2 Å². The number of carbonyl (C=O) groups excluding carboxylic acids is 1. The zero-order chi connectivity index (χ0) is 18.2. The predicted molar refractivity (Wildman–Crippen MR) is 93.9 cm³/mol. The SMILES string of the molecule is COC(=O)c1sc2cnc(S(C)(=O)=O)nc2c1-c1cccc(OC)c1. The van der Waals surface area contributed by atoms with Crippen LogP contribution in [0.15, 0.2) is 35.6 Å². The van der Waals surface area contributed by atoms with Crippen molar-refractivity contribution in [2.24, 2.45) is 0 Å². The van der Waals surface area contributed by atoms with Gasteiger partial charge in [-0.3, -0.25) is 0 Å². The second-order valence-corrected chi connectivity index (χ2v) is 8.13. The Kier molecular flexibility index (Phi) is 4.44. The molecule has 7 nitrogen and oxygen atoms in total. The molecule has 3 aromatic rings. The number of ether oxygens (including phenoxy) is 2. The van der Waals surface area contributed by atoms with Crippen LogP contribution in [-0.2, 0) is 14.6 Å². The molecular formula is C16H14N2O5S2. The minimum Gasteiger partial charge on any atom is -0.497 e. The van der Waals surface area contributed by atoms with Crippen LogP contribution in [0.4, 0.5) is 0 Å². The first-order valence-corrected chi connectivity index (χ1v) is 9.78. The average Bonchev–Trinajstić information content (AvgIpc) is 2.99. The lowest BCUT2D eigenvalue weighted by molar-refractivity contribution is 0.0607. The smallest absolute Gasteiger partial charge is 0.348 e. The largest absolute Gasteiger partial charge is 0.497 e. The minimum atomic E-state index is -3.58. The van der Waals surface area contributed by atoms with E-state index in [1.54, 1.807) is 24.3 Å². The van der Waals surface area contributed by atoms with Crippen molar-refractivity contribution < 1.29 is 22.7 Å². The normalized spacial score (nSPS) is 11.5. The molecule has 9 heteroatoms. The molecule has 2 aromatic heterocycles. The fourth-order valence-electron chi connectivity index (χ4n) is 2.34. The maximum atomic E-state index is 12.2. The van der Waals surface area contributed by atoms with E-state index in [0.717, 1.165) is 17.6 Å². The Balaban J connectivity index is 2.37. The Bertz CT molecular complexity index is 1070. The van der Waals surface area contributed by atoms with Crippen LogP contribution in [0.1, 0.15) is 9.67 Å². The van der Waals surface area contributed by atoms with E-state index in [0.29, 0.717) is 32.0 Å². The van der Waals surface area contributed by atoms with Gasteiger partial charge in [0.25, 0.3) is 0 Å². The van der Waals surface area contributed by atoms with E-state index in [-0.39, 0.29) is 5.16 Å². The number of esters is 1. The van der Waals surface area contributed by atoms with Gasteiger partial charge >= 0.3 is 5.97 Å². The zero-order valence-electron chi connectivity index (χ0n) is 13.6. The topological polar surface area (TPSA) is 95.5 Å². The minimum absolute atomic E-state index is 0.293. The summed E-state index contributed by atoms with van der Waals surface area (Å²) in [4.78, 5) is 20.6. The van der Waals surface area contributed by atoms with Gasteiger partial charge in [0.05, 0.1) is 24.4 Å². The quantitative estimate of drug-likeness (QED) is 0.508. The van der Waals surface area contributed by atoms with Crippen LogP contribution < -0.4 is 4.74 Å². The van der Waals surface area contributed by atoms with Crippen LogP contribution in [0.25, 0.3) is 21.3 Å². The number of methoxy groups -OCH3 is 2. The highest BCUT2D eigenvalue weighted by molar-refractivity contribution is 7.90. The van der Waals surface area contributed by atoms with E-state index in [4.69, 9.17) is 9.47 Å². The fraction of sp³-hybridized carbons (Fsp3) is 0.188. The lowest BCUT2D eigenvalue weighted by Gasteiger charge is -2.06. The fourth-order valence-corrected chi connectivity index (χ4v) is 3.89. The van der Waals surface area contributed by atoms with E-state index in [1.165, 1.54) is 20.4 Å². The molecule has 0 radical (unpaired) electrons. The van der Waals surface area contributed by atoms with Gasteiger partial charge in [0.1, 0.15) is 10.6 Å². The maximum absolute atomic E-state index is 12.2. The highest BCUT2D eigenvalue weighted by Gasteiger charge is 2.24. The molecule has 0 atom stereocenters. The lowest BCUT2D eigenvalue weighted by Crippen LogP contribution is -2.04. The van der Waals surface area contributed by atoms with Gasteiger partial charge < -0.3 is 9.47 Å². The molecule has 130 valence electrons. The molecule has 3 rings (SSSR count). The van der Waals surface area contributed by atoms with Crippen molar-refractivity contribution in [1.82, 2.24) is 9.97 Å². The number of benzene rings is 1. The monoisotopic (exact) mass is 378 g/mol. The van der Waals surface area contributed by atoms with Crippen molar-refractivity contribution >= 4 is 37.4 Å². The lowest BCUT2D eigenvalue weighted by atomic mass is 10.0. The first-order valence-electron chi connectivity index (χ1n) is 7.07. The van der Waals surface area contributed by atoms with E-state index in [1.807, 2.05) is 0 Å². The Hall–Kier alpha value is -2.52. The number of hydrogen-bond acceptors (Lipinski definition) is 8. The number of rotatable bonds is 4. The molecule has 0 saturated heterocycles. The summed E-state index contributed by atoms with van der Waals surface area (Å²) in [6.07, 6.45) is 2.44. The summed E-state index contributed by atoms with van der Waals surface area (Å²) in [6, 6.07) is 7.08. The summed E-state index contributed by atoms with van der Waals surface area (Å²) in [6.45, 7) is 0. The Morgan fingerprint density at radius 1 is 1.24 bits per heavy atom. The third kappa shape index (κ3) is 3.20. The summed E-state index contributed by atoms with van der Waals surface area (Å²) < 4.78 is 34.2. The highest BCUT2D eigenvalue weighted by Crippen LogP contribution is 2.39. The van der Waals surface area contributed by atoms with Gasteiger partial charge in [-0.05, 0) is 17.7 Å². The van der Waals surface area contributed by atoms with E-state index >= 15 is 0 Å². The summed E-state index contributed by atoms with van der Waals surface area (Å²) >= 11 is 1.15. The van der Waals surface area contributed by atoms with Gasteiger partial charge in [-0.2, -0.15) is 0 Å². The Morgan fingerprint density at radius 2 is 2.00 bits per heavy atom. The van der Waals surface area contributed by atoms with Crippen molar-refractivity contribution in [3.63, 3.8) is 0 Å². The molecule has 0 aliphatic rings. The van der Waals surface area contributed by atoms with Crippen LogP contribution in [0.3, 0.4) is 0 Å². The van der Waals surface area contributed by atoms with Crippen LogP contribution in [0, 0.1) is 0 Å². The van der Waals surface area contributed by atoms with Gasteiger partial charge in [0, 0.05) is 18.0 Å². The number of hydrogen-bond donors (Lipinski definition) is 0. The van der Waals surface area contributed by atoms with Crippen molar-refractivity contribution in [2.75, 3.05) is 20.5 Å². The second kappa shape index (κ2) is 6.41. The molecule has 0 amide bonds. The maximum Gasteiger partial charge on any atom is 0.348 e. The molecular weight excluding hydrogens is 364 g/mol. The highest BCUT2D eigenvalue weighted by atomic mass is 32.2. The number of carbonyl (C=O) groups is 1. The van der Waals surface area contributed by atoms with Crippen molar-refractivity contribution in [2.45, 2.75) is 5.16 Å². The van der Waals surface area contributed by atoms with E-state index < -0.39 is 15.8 Å². The molecule has 0 aliphatic carbocycles. The third-order valence-corrected chi connectivity index (χ3v) is 5.42. The average molecular weight is 378 g/mol. The predicted octanol–water partition coefficient (Wildman–Crippen LogP) is 2.56. The van der Waals surface area contributed by atoms with Gasteiger partial charge in [0.15, 0.2) is 0 Å². The molecule has 0 fully saturated rings. The molecule has 25 heavy (non-hydrogen) atoms.